The first-order valence-electron chi connectivity index (χ1n) is 6.71. The Morgan fingerprint density at radius 1 is 1.25 bits per heavy atom. The molecule has 0 aliphatic carbocycles. The fraction of sp³-hybridized carbons (Fsp3) is 0.400. The molecule has 0 amide bonds. The molecule has 5 heteroatoms. The largest absolute Gasteiger partial charge is 0.327 e. The molecule has 0 spiro atoms. The lowest BCUT2D eigenvalue weighted by molar-refractivity contribution is 0.528. The Hall–Kier alpha value is -1.75. The van der Waals surface area contributed by atoms with E-state index >= 15 is 0 Å². The quantitative estimate of drug-likeness (QED) is 0.913. The van der Waals surface area contributed by atoms with Gasteiger partial charge in [0.05, 0.1) is 5.69 Å². The van der Waals surface area contributed by atoms with Crippen LogP contribution in [0.15, 0.2) is 24.3 Å². The van der Waals surface area contributed by atoms with Crippen LogP contribution in [0.3, 0.4) is 0 Å². The highest BCUT2D eigenvalue weighted by molar-refractivity contribution is 5.21. The Morgan fingerprint density at radius 3 is 2.45 bits per heavy atom. The van der Waals surface area contributed by atoms with E-state index in [0.29, 0.717) is 6.42 Å². The maximum absolute atomic E-state index is 13.6. The molecule has 2 N–H and O–H groups in total. The standard InChI is InChI=1S/C15H19F2N3/c1-3-11-9-12(20(2)19-11)7-10(18)8-13-14(16)5-4-6-15(13)17/h4-6,9-10H,3,7-8,18H2,1-2H3. The molecule has 1 unspecified atom stereocenters. The van der Waals surface area contributed by atoms with Crippen molar-refractivity contribution in [3.63, 3.8) is 0 Å². The first kappa shape index (κ1) is 14.7. The summed E-state index contributed by atoms with van der Waals surface area (Å²) < 4.78 is 28.9. The van der Waals surface area contributed by atoms with Crippen molar-refractivity contribution in [2.75, 3.05) is 0 Å². The Morgan fingerprint density at radius 2 is 1.90 bits per heavy atom. The lowest BCUT2D eigenvalue weighted by atomic mass is 10.0. The lowest BCUT2D eigenvalue weighted by Crippen LogP contribution is -2.27. The van der Waals surface area contributed by atoms with Crippen molar-refractivity contribution in [3.8, 4) is 0 Å². The number of benzene rings is 1. The number of nitrogens with zero attached hydrogens (tertiary/aromatic N) is 2. The van der Waals surface area contributed by atoms with Crippen LogP contribution in [0.4, 0.5) is 8.78 Å². The normalized spacial score (nSPS) is 12.7. The maximum Gasteiger partial charge on any atom is 0.129 e. The van der Waals surface area contributed by atoms with Gasteiger partial charge in [0, 0.05) is 30.8 Å². The molecule has 0 saturated heterocycles. The summed E-state index contributed by atoms with van der Waals surface area (Å²) in [4.78, 5) is 0. The Bertz CT molecular complexity index is 573. The first-order valence-corrected chi connectivity index (χ1v) is 6.71. The molecular formula is C15H19F2N3. The van der Waals surface area contributed by atoms with E-state index in [9.17, 15) is 8.78 Å². The Balaban J connectivity index is 2.09. The van der Waals surface area contributed by atoms with Crippen molar-refractivity contribution in [2.45, 2.75) is 32.2 Å². The highest BCUT2D eigenvalue weighted by Crippen LogP contribution is 2.15. The molecule has 0 radical (unpaired) electrons. The van der Waals surface area contributed by atoms with Crippen LogP contribution in [0.1, 0.15) is 23.9 Å². The van der Waals surface area contributed by atoms with Crippen LogP contribution < -0.4 is 5.73 Å². The zero-order chi connectivity index (χ0) is 14.7. The summed E-state index contributed by atoms with van der Waals surface area (Å²) in [5.41, 5.74) is 8.04. The highest BCUT2D eigenvalue weighted by Gasteiger charge is 2.15. The van der Waals surface area contributed by atoms with Gasteiger partial charge in [-0.25, -0.2) is 8.78 Å². The summed E-state index contributed by atoms with van der Waals surface area (Å²) in [7, 11) is 1.85. The first-order chi connectivity index (χ1) is 9.51. The predicted molar refractivity (Wildman–Crippen MR) is 74.3 cm³/mol. The van der Waals surface area contributed by atoms with Crippen LogP contribution in [0.5, 0.6) is 0 Å². The van der Waals surface area contributed by atoms with E-state index in [2.05, 4.69) is 5.10 Å². The minimum atomic E-state index is -0.542. The molecule has 2 aromatic rings. The molecule has 1 aromatic carbocycles. The summed E-state index contributed by atoms with van der Waals surface area (Å²) in [6, 6.07) is 5.50. The third-order valence-electron chi connectivity index (χ3n) is 3.39. The summed E-state index contributed by atoms with van der Waals surface area (Å²) >= 11 is 0. The third-order valence-corrected chi connectivity index (χ3v) is 3.39. The van der Waals surface area contributed by atoms with Gasteiger partial charge in [-0.1, -0.05) is 13.0 Å². The van der Waals surface area contributed by atoms with Gasteiger partial charge in [0.2, 0.25) is 0 Å². The topological polar surface area (TPSA) is 43.8 Å². The van der Waals surface area contributed by atoms with Gasteiger partial charge in [0.15, 0.2) is 0 Å². The van der Waals surface area contributed by atoms with Crippen molar-refractivity contribution >= 4 is 0 Å². The Kier molecular flexibility index (Phi) is 4.49. The molecule has 0 bridgehead atoms. The molecule has 20 heavy (non-hydrogen) atoms. The molecule has 0 saturated carbocycles. The van der Waals surface area contributed by atoms with Crippen molar-refractivity contribution in [2.24, 2.45) is 12.8 Å². The fourth-order valence-electron chi connectivity index (χ4n) is 2.27. The average molecular weight is 279 g/mol. The van der Waals surface area contributed by atoms with Gasteiger partial charge < -0.3 is 5.73 Å². The van der Waals surface area contributed by atoms with Crippen LogP contribution in [0.25, 0.3) is 0 Å². The van der Waals surface area contributed by atoms with Crippen molar-refractivity contribution < 1.29 is 8.78 Å². The van der Waals surface area contributed by atoms with Gasteiger partial charge in [-0.2, -0.15) is 5.10 Å². The second kappa shape index (κ2) is 6.13. The molecule has 0 aliphatic heterocycles. The summed E-state index contributed by atoms with van der Waals surface area (Å²) in [5.74, 6) is -1.08. The van der Waals surface area contributed by atoms with Crippen LogP contribution >= 0.6 is 0 Å². The summed E-state index contributed by atoms with van der Waals surface area (Å²) in [5, 5.41) is 4.34. The molecule has 108 valence electrons. The smallest absolute Gasteiger partial charge is 0.129 e. The van der Waals surface area contributed by atoms with Crippen molar-refractivity contribution in [1.29, 1.82) is 0 Å². The van der Waals surface area contributed by atoms with Crippen LogP contribution in [0, 0.1) is 11.6 Å². The monoisotopic (exact) mass is 279 g/mol. The number of nitrogens with two attached hydrogens (primary N) is 1. The number of halogens is 2. The number of hydrogen-bond acceptors (Lipinski definition) is 2. The number of aromatic nitrogens is 2. The average Bonchev–Trinajstić information content (AvgIpc) is 2.75. The Labute approximate surface area is 117 Å². The van der Waals surface area contributed by atoms with Gasteiger partial charge >= 0.3 is 0 Å². The fourth-order valence-corrected chi connectivity index (χ4v) is 2.27. The van der Waals surface area contributed by atoms with Gasteiger partial charge in [0.1, 0.15) is 11.6 Å². The molecule has 1 aromatic heterocycles. The maximum atomic E-state index is 13.6. The van der Waals surface area contributed by atoms with E-state index in [-0.39, 0.29) is 18.0 Å². The van der Waals surface area contributed by atoms with E-state index in [4.69, 9.17) is 5.73 Å². The molecule has 0 aliphatic rings. The third kappa shape index (κ3) is 3.22. The molecule has 2 rings (SSSR count). The van der Waals surface area contributed by atoms with Crippen molar-refractivity contribution in [1.82, 2.24) is 9.78 Å². The van der Waals surface area contributed by atoms with E-state index in [1.54, 1.807) is 4.68 Å². The minimum Gasteiger partial charge on any atom is -0.327 e. The molecule has 3 nitrogen and oxygen atoms in total. The minimum absolute atomic E-state index is 0.0536. The zero-order valence-electron chi connectivity index (χ0n) is 11.7. The van der Waals surface area contributed by atoms with Gasteiger partial charge in [-0.3, -0.25) is 4.68 Å². The van der Waals surface area contributed by atoms with Crippen molar-refractivity contribution in [3.05, 3.63) is 52.9 Å². The van der Waals surface area contributed by atoms with Gasteiger partial charge in [-0.05, 0) is 31.0 Å². The predicted octanol–water partition coefficient (Wildman–Crippen LogP) is 2.37. The highest BCUT2D eigenvalue weighted by atomic mass is 19.1. The summed E-state index contributed by atoms with van der Waals surface area (Å²) in [6.45, 7) is 2.03. The van der Waals surface area contributed by atoms with Gasteiger partial charge in [0.25, 0.3) is 0 Å². The van der Waals surface area contributed by atoms with E-state index in [1.807, 2.05) is 20.0 Å². The SMILES string of the molecule is CCc1cc(CC(N)Cc2c(F)cccc2F)n(C)n1. The van der Waals surface area contributed by atoms with E-state index in [0.717, 1.165) is 17.8 Å². The molecule has 1 heterocycles. The lowest BCUT2D eigenvalue weighted by Gasteiger charge is -2.13. The number of aryl methyl sites for hydroxylation is 2. The molecular weight excluding hydrogens is 260 g/mol. The molecule has 1 atom stereocenters. The summed E-state index contributed by atoms with van der Waals surface area (Å²) in [6.07, 6.45) is 1.56. The van der Waals surface area contributed by atoms with Gasteiger partial charge in [-0.15, -0.1) is 0 Å². The van der Waals surface area contributed by atoms with E-state index in [1.165, 1.54) is 18.2 Å². The molecule has 0 fully saturated rings. The number of rotatable bonds is 5. The zero-order valence-corrected chi connectivity index (χ0v) is 11.7. The van der Waals surface area contributed by atoms with Crippen LogP contribution in [0.2, 0.25) is 0 Å². The van der Waals surface area contributed by atoms with E-state index < -0.39 is 11.6 Å². The number of hydrogen-bond donors (Lipinski definition) is 1. The second-order valence-corrected chi connectivity index (χ2v) is 4.97. The van der Waals surface area contributed by atoms with Crippen LogP contribution in [-0.2, 0) is 26.3 Å². The van der Waals surface area contributed by atoms with Crippen LogP contribution in [-0.4, -0.2) is 15.8 Å². The second-order valence-electron chi connectivity index (χ2n) is 4.97.